The van der Waals surface area contributed by atoms with Crippen molar-refractivity contribution in [3.8, 4) is 17.6 Å². The van der Waals surface area contributed by atoms with Crippen LogP contribution in [-0.4, -0.2) is 13.0 Å². The smallest absolute Gasteiger partial charge is 0.266 e. The number of methoxy groups -OCH3 is 1. The highest BCUT2D eigenvalue weighted by atomic mass is 35.5. The fourth-order valence-electron chi connectivity index (χ4n) is 2.88. The summed E-state index contributed by atoms with van der Waals surface area (Å²) >= 11 is 12.5. The van der Waals surface area contributed by atoms with E-state index in [1.54, 1.807) is 42.5 Å². The second kappa shape index (κ2) is 10.9. The number of nitrogens with one attached hydrogen (secondary N) is 1. The van der Waals surface area contributed by atoms with E-state index in [4.69, 9.17) is 32.7 Å². The molecule has 0 heterocycles. The SMILES string of the molecule is COc1cc(/C=C(/C#N)C(=O)Nc2ccc(C)c(Cl)c2)cc(Cl)c1OCc1ccc(F)cc1. The first-order valence-electron chi connectivity index (χ1n) is 9.74. The molecule has 1 N–H and O–H groups in total. The number of nitriles is 1. The van der Waals surface area contributed by atoms with Crippen LogP contribution in [0.1, 0.15) is 16.7 Å². The molecule has 0 saturated heterocycles. The average Bonchev–Trinajstić information content (AvgIpc) is 2.79. The number of ether oxygens (including phenoxy) is 2. The van der Waals surface area contributed by atoms with Crippen LogP contribution >= 0.6 is 23.2 Å². The van der Waals surface area contributed by atoms with E-state index in [9.17, 15) is 14.4 Å². The van der Waals surface area contributed by atoms with Gasteiger partial charge in [-0.3, -0.25) is 4.79 Å². The quantitative estimate of drug-likeness (QED) is 0.303. The summed E-state index contributed by atoms with van der Waals surface area (Å²) in [6.07, 6.45) is 1.39. The zero-order chi connectivity index (χ0) is 24.0. The third kappa shape index (κ3) is 6.26. The Hall–Kier alpha value is -3.53. The zero-order valence-electron chi connectivity index (χ0n) is 17.8. The predicted octanol–water partition coefficient (Wildman–Crippen LogP) is 6.57. The molecule has 0 atom stereocenters. The van der Waals surface area contributed by atoms with Gasteiger partial charge in [0.2, 0.25) is 0 Å². The summed E-state index contributed by atoms with van der Waals surface area (Å²) in [6.45, 7) is 2.00. The van der Waals surface area contributed by atoms with Crippen LogP contribution < -0.4 is 14.8 Å². The van der Waals surface area contributed by atoms with E-state index >= 15 is 0 Å². The number of aryl methyl sites for hydroxylation is 1. The topological polar surface area (TPSA) is 71.3 Å². The summed E-state index contributed by atoms with van der Waals surface area (Å²) < 4.78 is 24.2. The van der Waals surface area contributed by atoms with E-state index in [1.807, 2.05) is 13.0 Å². The Kier molecular flexibility index (Phi) is 7.94. The summed E-state index contributed by atoms with van der Waals surface area (Å²) in [7, 11) is 1.45. The number of carbonyl (C=O) groups is 1. The van der Waals surface area contributed by atoms with Crippen molar-refractivity contribution < 1.29 is 18.7 Å². The van der Waals surface area contributed by atoms with Gasteiger partial charge >= 0.3 is 0 Å². The number of nitrogens with zero attached hydrogens (tertiary/aromatic N) is 1. The molecule has 0 spiro atoms. The normalized spacial score (nSPS) is 11.0. The second-order valence-electron chi connectivity index (χ2n) is 7.04. The number of anilines is 1. The van der Waals surface area contributed by atoms with Gasteiger partial charge in [-0.15, -0.1) is 0 Å². The summed E-state index contributed by atoms with van der Waals surface area (Å²) in [5, 5.41) is 12.9. The summed E-state index contributed by atoms with van der Waals surface area (Å²) in [4.78, 5) is 12.6. The first-order valence-corrected chi connectivity index (χ1v) is 10.5. The standard InChI is InChI=1S/C25H19Cl2FN2O3/c1-15-3-8-20(12-21(15)26)30-25(31)18(13-29)9-17-10-22(27)24(23(11-17)32-2)33-14-16-4-6-19(28)7-5-16/h3-12H,14H2,1-2H3,(H,30,31)/b18-9-. The average molecular weight is 485 g/mol. The third-order valence-corrected chi connectivity index (χ3v) is 5.34. The minimum Gasteiger partial charge on any atom is -0.493 e. The molecule has 0 aromatic heterocycles. The second-order valence-corrected chi connectivity index (χ2v) is 7.85. The molecule has 0 aliphatic heterocycles. The maximum Gasteiger partial charge on any atom is 0.266 e. The van der Waals surface area contributed by atoms with Crippen LogP contribution in [-0.2, 0) is 11.4 Å². The molecule has 0 radical (unpaired) electrons. The molecule has 3 aromatic carbocycles. The molecular formula is C25H19Cl2FN2O3. The first kappa shape index (κ1) is 24.1. The van der Waals surface area contributed by atoms with E-state index < -0.39 is 5.91 Å². The molecule has 5 nitrogen and oxygen atoms in total. The molecule has 8 heteroatoms. The van der Waals surface area contributed by atoms with Gasteiger partial charge in [-0.2, -0.15) is 5.26 Å². The summed E-state index contributed by atoms with van der Waals surface area (Å²) in [6, 6.07) is 16.0. The minimum absolute atomic E-state index is 0.134. The number of benzene rings is 3. The van der Waals surface area contributed by atoms with Gasteiger partial charge in [0, 0.05) is 10.7 Å². The first-order chi connectivity index (χ1) is 15.8. The van der Waals surface area contributed by atoms with Gasteiger partial charge in [-0.1, -0.05) is 41.4 Å². The highest BCUT2D eigenvalue weighted by molar-refractivity contribution is 6.32. The molecule has 3 aromatic rings. The van der Waals surface area contributed by atoms with Crippen molar-refractivity contribution in [3.63, 3.8) is 0 Å². The van der Waals surface area contributed by atoms with Crippen molar-refractivity contribution in [2.24, 2.45) is 0 Å². The summed E-state index contributed by atoms with van der Waals surface area (Å²) in [5.74, 6) is -0.325. The molecule has 0 fully saturated rings. The van der Waals surface area contributed by atoms with Crippen LogP contribution in [0.5, 0.6) is 11.5 Å². The fraction of sp³-hybridized carbons (Fsp3) is 0.120. The van der Waals surface area contributed by atoms with E-state index in [1.165, 1.54) is 25.3 Å². The predicted molar refractivity (Wildman–Crippen MR) is 127 cm³/mol. The number of rotatable bonds is 7. The van der Waals surface area contributed by atoms with Gasteiger partial charge in [-0.25, -0.2) is 4.39 Å². The molecule has 0 saturated carbocycles. The Morgan fingerprint density at radius 3 is 2.48 bits per heavy atom. The van der Waals surface area contributed by atoms with Gasteiger partial charge in [0.05, 0.1) is 12.1 Å². The van der Waals surface area contributed by atoms with Gasteiger partial charge in [0.15, 0.2) is 11.5 Å². The van der Waals surface area contributed by atoms with Gasteiger partial charge < -0.3 is 14.8 Å². The monoisotopic (exact) mass is 484 g/mol. The lowest BCUT2D eigenvalue weighted by Crippen LogP contribution is -2.13. The fourth-order valence-corrected chi connectivity index (χ4v) is 3.34. The Morgan fingerprint density at radius 2 is 1.85 bits per heavy atom. The number of hydrogen-bond acceptors (Lipinski definition) is 4. The Morgan fingerprint density at radius 1 is 1.12 bits per heavy atom. The van der Waals surface area contributed by atoms with Gasteiger partial charge in [0.25, 0.3) is 5.91 Å². The van der Waals surface area contributed by atoms with E-state index in [0.29, 0.717) is 22.0 Å². The molecule has 168 valence electrons. The van der Waals surface area contributed by atoms with Crippen LogP contribution in [0.3, 0.4) is 0 Å². The Balaban J connectivity index is 1.81. The van der Waals surface area contributed by atoms with E-state index in [2.05, 4.69) is 5.32 Å². The molecular weight excluding hydrogens is 466 g/mol. The van der Waals surface area contributed by atoms with Crippen LogP contribution in [0, 0.1) is 24.1 Å². The molecule has 33 heavy (non-hydrogen) atoms. The van der Waals surface area contributed by atoms with Crippen molar-refractivity contribution in [3.05, 3.63) is 92.7 Å². The third-order valence-electron chi connectivity index (χ3n) is 4.65. The Labute approximate surface area is 201 Å². The van der Waals surface area contributed by atoms with Crippen LogP contribution in [0.25, 0.3) is 6.08 Å². The van der Waals surface area contributed by atoms with Crippen molar-refractivity contribution in [1.29, 1.82) is 5.26 Å². The maximum absolute atomic E-state index is 13.1. The number of hydrogen-bond donors (Lipinski definition) is 1. The van der Waals surface area contributed by atoms with Crippen LogP contribution in [0.4, 0.5) is 10.1 Å². The number of amides is 1. The molecule has 0 unspecified atom stereocenters. The molecule has 3 rings (SSSR count). The van der Waals surface area contributed by atoms with Gasteiger partial charge in [0.1, 0.15) is 24.1 Å². The minimum atomic E-state index is -0.593. The highest BCUT2D eigenvalue weighted by Crippen LogP contribution is 2.37. The van der Waals surface area contributed by atoms with Crippen LogP contribution in [0.2, 0.25) is 10.0 Å². The molecule has 1 amide bonds. The molecule has 0 aliphatic carbocycles. The highest BCUT2D eigenvalue weighted by Gasteiger charge is 2.15. The Bertz CT molecular complexity index is 1250. The lowest BCUT2D eigenvalue weighted by atomic mass is 10.1. The largest absolute Gasteiger partial charge is 0.493 e. The number of halogens is 3. The van der Waals surface area contributed by atoms with Gasteiger partial charge in [-0.05, 0) is 66.1 Å². The van der Waals surface area contributed by atoms with E-state index in [0.717, 1.165) is 11.1 Å². The lowest BCUT2D eigenvalue weighted by Gasteiger charge is -2.14. The molecule has 0 bridgehead atoms. The zero-order valence-corrected chi connectivity index (χ0v) is 19.3. The number of carbonyl (C=O) groups excluding carboxylic acids is 1. The van der Waals surface area contributed by atoms with Crippen molar-refractivity contribution in [2.75, 3.05) is 12.4 Å². The van der Waals surface area contributed by atoms with E-state index in [-0.39, 0.29) is 28.8 Å². The molecule has 0 aliphatic rings. The summed E-state index contributed by atoms with van der Waals surface area (Å²) in [5.41, 5.74) is 2.42. The van der Waals surface area contributed by atoms with Crippen molar-refractivity contribution in [1.82, 2.24) is 0 Å². The van der Waals surface area contributed by atoms with Crippen molar-refractivity contribution in [2.45, 2.75) is 13.5 Å². The van der Waals surface area contributed by atoms with Crippen LogP contribution in [0.15, 0.2) is 60.2 Å². The lowest BCUT2D eigenvalue weighted by molar-refractivity contribution is -0.112. The van der Waals surface area contributed by atoms with Crippen molar-refractivity contribution >= 4 is 40.9 Å². The maximum atomic E-state index is 13.1.